The maximum absolute atomic E-state index is 11.2. The number of unbranched alkanes of at least 4 members (excludes halogenated alkanes) is 15. The zero-order chi connectivity index (χ0) is 17.9. The molecule has 0 aliphatic rings. The first-order chi connectivity index (χ1) is 11.7. The van der Waals surface area contributed by atoms with Gasteiger partial charge in [0.05, 0.1) is 6.61 Å². The summed E-state index contributed by atoms with van der Waals surface area (Å²) in [5.41, 5.74) is 0.492. The number of hydrogen-bond donors (Lipinski definition) is 0. The molecule has 0 rings (SSSR count). The molecule has 0 aromatic carbocycles. The van der Waals surface area contributed by atoms with Gasteiger partial charge in [0.15, 0.2) is 0 Å². The van der Waals surface area contributed by atoms with Crippen LogP contribution in [0.25, 0.3) is 0 Å². The van der Waals surface area contributed by atoms with Gasteiger partial charge in [-0.05, 0) is 13.3 Å². The van der Waals surface area contributed by atoms with Gasteiger partial charge < -0.3 is 4.74 Å². The molecule has 0 aliphatic carbocycles. The van der Waals surface area contributed by atoms with Crippen molar-refractivity contribution in [2.75, 3.05) is 6.61 Å². The van der Waals surface area contributed by atoms with Gasteiger partial charge in [0.25, 0.3) is 0 Å². The van der Waals surface area contributed by atoms with Crippen LogP contribution in [-0.2, 0) is 30.6 Å². The summed E-state index contributed by atoms with van der Waals surface area (Å²) in [5.74, 6) is -0.254. The van der Waals surface area contributed by atoms with Gasteiger partial charge in [0.2, 0.25) is 0 Å². The third-order valence-corrected chi connectivity index (χ3v) is 4.58. The number of ether oxygens (including phenoxy) is 1. The summed E-state index contributed by atoms with van der Waals surface area (Å²) in [7, 11) is 0. The molecule has 0 heterocycles. The summed E-state index contributed by atoms with van der Waals surface area (Å²) in [6.07, 6.45) is 21.7. The van der Waals surface area contributed by atoms with Crippen LogP contribution in [0.3, 0.4) is 0 Å². The smallest absolute Gasteiger partial charge is 0.333 e. The maximum atomic E-state index is 11.2. The van der Waals surface area contributed by atoms with Crippen LogP contribution in [0.5, 0.6) is 0 Å². The summed E-state index contributed by atoms with van der Waals surface area (Å²) in [4.78, 5) is 11.2. The zero-order valence-corrected chi connectivity index (χ0v) is 19.1. The largest absolute Gasteiger partial charge is 0.462 e. The molecule has 0 aliphatic heterocycles. The molecule has 0 amide bonds. The monoisotopic (exact) mass is 533 g/mol. The Morgan fingerprint density at radius 1 is 0.680 bits per heavy atom. The van der Waals surface area contributed by atoms with Crippen LogP contribution in [0, 0.1) is 0 Å². The van der Waals surface area contributed by atoms with E-state index in [1.165, 1.54) is 96.3 Å². The van der Waals surface area contributed by atoms with Crippen LogP contribution < -0.4 is 0 Å². The first-order valence-corrected chi connectivity index (χ1v) is 10.5. The minimum absolute atomic E-state index is 0. The van der Waals surface area contributed by atoms with Crippen LogP contribution in [0.2, 0.25) is 0 Å². The predicted molar refractivity (Wildman–Crippen MR) is 105 cm³/mol. The van der Waals surface area contributed by atoms with E-state index in [0.717, 1.165) is 6.42 Å². The summed E-state index contributed by atoms with van der Waals surface area (Å²) >= 11 is 0. The molecule has 0 aromatic heterocycles. The number of carbonyl (C=O) groups excluding carboxylic acids is 1. The minimum atomic E-state index is -0.254. The molecule has 0 aromatic rings. The average Bonchev–Trinajstić information content (AvgIpc) is 2.57. The molecule has 0 bridgehead atoms. The van der Waals surface area contributed by atoms with Gasteiger partial charge in [-0.2, -0.15) is 0 Å². The SMILES string of the molecule is C=C(C)C(=O)OCCCCCCCCCCCCCCCCCC.[Pt]. The van der Waals surface area contributed by atoms with Crippen LogP contribution in [0.1, 0.15) is 117 Å². The fourth-order valence-corrected chi connectivity index (χ4v) is 2.94. The predicted octanol–water partition coefficient (Wildman–Crippen LogP) is 7.36. The Bertz CT molecular complexity index is 302. The minimum Gasteiger partial charge on any atom is -0.462 e. The second-order valence-corrected chi connectivity index (χ2v) is 7.22. The van der Waals surface area contributed by atoms with Crippen molar-refractivity contribution in [2.45, 2.75) is 117 Å². The molecule has 0 N–H and O–H groups in total. The van der Waals surface area contributed by atoms with Crippen LogP contribution in [-0.4, -0.2) is 12.6 Å². The summed E-state index contributed by atoms with van der Waals surface area (Å²) in [5, 5.41) is 0. The Morgan fingerprint density at radius 2 is 1.00 bits per heavy atom. The molecule has 25 heavy (non-hydrogen) atoms. The van der Waals surface area contributed by atoms with Crippen molar-refractivity contribution in [3.05, 3.63) is 12.2 Å². The van der Waals surface area contributed by atoms with Crippen molar-refractivity contribution in [1.82, 2.24) is 0 Å². The Morgan fingerprint density at radius 3 is 1.32 bits per heavy atom. The molecule has 0 spiro atoms. The molecule has 2 nitrogen and oxygen atoms in total. The third kappa shape index (κ3) is 21.9. The Balaban J connectivity index is 0. The summed E-state index contributed by atoms with van der Waals surface area (Å²) in [6.45, 7) is 8.09. The molecule has 0 radical (unpaired) electrons. The van der Waals surface area contributed by atoms with Crippen molar-refractivity contribution in [3.63, 3.8) is 0 Å². The summed E-state index contributed by atoms with van der Waals surface area (Å²) < 4.78 is 5.08. The van der Waals surface area contributed by atoms with Crippen molar-refractivity contribution in [3.8, 4) is 0 Å². The third-order valence-electron chi connectivity index (χ3n) is 4.58. The average molecular weight is 534 g/mol. The first-order valence-electron chi connectivity index (χ1n) is 10.5. The van der Waals surface area contributed by atoms with E-state index in [1.54, 1.807) is 6.92 Å². The molecule has 0 fully saturated rings. The maximum Gasteiger partial charge on any atom is 0.333 e. The number of esters is 1. The molecule has 3 heteroatoms. The number of carbonyl (C=O) groups is 1. The van der Waals surface area contributed by atoms with E-state index in [0.29, 0.717) is 12.2 Å². The second kappa shape index (κ2) is 21.9. The van der Waals surface area contributed by atoms with Crippen LogP contribution in [0.15, 0.2) is 12.2 Å². The van der Waals surface area contributed by atoms with Crippen molar-refractivity contribution in [1.29, 1.82) is 0 Å². The second-order valence-electron chi connectivity index (χ2n) is 7.22. The molecule has 0 atom stereocenters. The van der Waals surface area contributed by atoms with Crippen molar-refractivity contribution < 1.29 is 30.6 Å². The van der Waals surface area contributed by atoms with E-state index < -0.39 is 0 Å². The normalized spacial score (nSPS) is 10.3. The topological polar surface area (TPSA) is 26.3 Å². The van der Waals surface area contributed by atoms with Crippen LogP contribution in [0.4, 0.5) is 0 Å². The molecule has 152 valence electrons. The molecule has 0 saturated carbocycles. The van der Waals surface area contributed by atoms with Gasteiger partial charge in [0, 0.05) is 26.6 Å². The molecule has 0 unspecified atom stereocenters. The quantitative estimate of drug-likeness (QED) is 0.105. The standard InChI is InChI=1S/C22H42O2.Pt/c1-4-5-6-7-8-9-10-11-12-13-14-15-16-17-18-19-20-24-22(23)21(2)3;/h2,4-20H2,1,3H3;. The number of hydrogen-bond acceptors (Lipinski definition) is 2. The Kier molecular flexibility index (Phi) is 23.8. The molecular weight excluding hydrogens is 491 g/mol. The van der Waals surface area contributed by atoms with Crippen molar-refractivity contribution in [2.24, 2.45) is 0 Å². The van der Waals surface area contributed by atoms with E-state index in [9.17, 15) is 4.79 Å². The van der Waals surface area contributed by atoms with E-state index in [4.69, 9.17) is 4.74 Å². The van der Waals surface area contributed by atoms with E-state index in [1.807, 2.05) is 0 Å². The van der Waals surface area contributed by atoms with E-state index in [-0.39, 0.29) is 27.0 Å². The van der Waals surface area contributed by atoms with Crippen molar-refractivity contribution >= 4 is 5.97 Å². The molecular formula is C22H42O2Pt. The van der Waals surface area contributed by atoms with Gasteiger partial charge in [0.1, 0.15) is 0 Å². The number of rotatable bonds is 18. The fraction of sp³-hybridized carbons (Fsp3) is 0.864. The first kappa shape index (κ1) is 27.1. The molecule has 0 saturated heterocycles. The Labute approximate surface area is 171 Å². The van der Waals surface area contributed by atoms with E-state index >= 15 is 0 Å². The van der Waals surface area contributed by atoms with Gasteiger partial charge in [-0.15, -0.1) is 0 Å². The van der Waals surface area contributed by atoms with Crippen LogP contribution >= 0.6 is 0 Å². The summed E-state index contributed by atoms with van der Waals surface area (Å²) in [6, 6.07) is 0. The van der Waals surface area contributed by atoms with E-state index in [2.05, 4.69) is 13.5 Å². The fourth-order valence-electron chi connectivity index (χ4n) is 2.94. The van der Waals surface area contributed by atoms with Gasteiger partial charge in [-0.1, -0.05) is 110 Å². The Hall–Kier alpha value is -0.102. The van der Waals surface area contributed by atoms with Gasteiger partial charge in [-0.25, -0.2) is 4.79 Å². The van der Waals surface area contributed by atoms with Gasteiger partial charge in [-0.3, -0.25) is 0 Å². The zero-order valence-electron chi connectivity index (χ0n) is 16.9. The van der Waals surface area contributed by atoms with Gasteiger partial charge >= 0.3 is 5.97 Å².